The molecule has 0 saturated carbocycles. The third kappa shape index (κ3) is 2.99. The van der Waals surface area contributed by atoms with Crippen molar-refractivity contribution < 1.29 is 4.74 Å². The van der Waals surface area contributed by atoms with E-state index in [-0.39, 0.29) is 5.41 Å². The highest BCUT2D eigenvalue weighted by Gasteiger charge is 2.15. The minimum Gasteiger partial charge on any atom is -0.493 e. The van der Waals surface area contributed by atoms with Gasteiger partial charge in [0.1, 0.15) is 6.61 Å². The van der Waals surface area contributed by atoms with E-state index in [0.29, 0.717) is 6.61 Å². The Morgan fingerprint density at radius 2 is 1.94 bits per heavy atom. The maximum Gasteiger partial charge on any atom is 0.113 e. The number of rotatable bonds is 3. The highest BCUT2D eigenvalue weighted by Crippen LogP contribution is 2.28. The van der Waals surface area contributed by atoms with Gasteiger partial charge in [-0.1, -0.05) is 56.3 Å². The molecular formula is C15H18O. The molecule has 0 bridgehead atoms. The number of hydrogen-bond acceptors (Lipinski definition) is 1. The molecule has 0 aliphatic heterocycles. The van der Waals surface area contributed by atoms with E-state index in [1.807, 2.05) is 18.2 Å². The minimum atomic E-state index is 0.129. The normalized spacial score (nSPS) is 18.0. The van der Waals surface area contributed by atoms with Gasteiger partial charge in [0, 0.05) is 11.8 Å². The first kappa shape index (κ1) is 11.0. The summed E-state index contributed by atoms with van der Waals surface area (Å²) in [6, 6.07) is 10.3. The summed E-state index contributed by atoms with van der Waals surface area (Å²) in [7, 11) is 0. The van der Waals surface area contributed by atoms with Gasteiger partial charge >= 0.3 is 0 Å². The van der Waals surface area contributed by atoms with Crippen LogP contribution >= 0.6 is 0 Å². The highest BCUT2D eigenvalue weighted by atomic mass is 16.5. The zero-order valence-electron chi connectivity index (χ0n) is 9.94. The Labute approximate surface area is 97.4 Å². The lowest BCUT2D eigenvalue weighted by Gasteiger charge is -2.22. The molecule has 0 radical (unpaired) electrons. The van der Waals surface area contributed by atoms with Crippen molar-refractivity contribution in [3.8, 4) is 0 Å². The van der Waals surface area contributed by atoms with E-state index in [1.54, 1.807) is 0 Å². The van der Waals surface area contributed by atoms with Crippen LogP contribution in [0.15, 0.2) is 54.3 Å². The van der Waals surface area contributed by atoms with Crippen LogP contribution in [0.3, 0.4) is 0 Å². The Bertz CT molecular complexity index is 399. The molecule has 1 aromatic carbocycles. The highest BCUT2D eigenvalue weighted by molar-refractivity contribution is 5.19. The van der Waals surface area contributed by atoms with Crippen LogP contribution in [0.5, 0.6) is 0 Å². The van der Waals surface area contributed by atoms with Gasteiger partial charge in [0.05, 0.1) is 5.76 Å². The predicted molar refractivity (Wildman–Crippen MR) is 66.9 cm³/mol. The maximum absolute atomic E-state index is 5.81. The lowest BCUT2D eigenvalue weighted by molar-refractivity contribution is 0.188. The second-order valence-electron chi connectivity index (χ2n) is 4.81. The van der Waals surface area contributed by atoms with Crippen molar-refractivity contribution in [1.82, 2.24) is 0 Å². The summed E-state index contributed by atoms with van der Waals surface area (Å²) in [6.07, 6.45) is 7.52. The first-order valence-corrected chi connectivity index (χ1v) is 5.72. The van der Waals surface area contributed by atoms with Crippen LogP contribution in [0.2, 0.25) is 0 Å². The first-order valence-electron chi connectivity index (χ1n) is 5.72. The molecule has 84 valence electrons. The van der Waals surface area contributed by atoms with Gasteiger partial charge in [0.25, 0.3) is 0 Å². The fourth-order valence-electron chi connectivity index (χ4n) is 1.85. The van der Waals surface area contributed by atoms with Gasteiger partial charge < -0.3 is 4.74 Å². The van der Waals surface area contributed by atoms with Gasteiger partial charge in [-0.05, 0) is 11.6 Å². The van der Waals surface area contributed by atoms with Crippen molar-refractivity contribution >= 4 is 0 Å². The molecule has 0 heterocycles. The molecule has 1 heteroatoms. The Kier molecular flexibility index (Phi) is 3.14. The van der Waals surface area contributed by atoms with Crippen molar-refractivity contribution in [3.05, 3.63) is 59.9 Å². The lowest BCUT2D eigenvalue weighted by Crippen LogP contribution is -2.09. The average molecular weight is 214 g/mol. The molecule has 0 amide bonds. The third-order valence-electron chi connectivity index (χ3n) is 2.67. The summed E-state index contributed by atoms with van der Waals surface area (Å²) < 4.78 is 5.81. The molecule has 1 aliphatic rings. The SMILES string of the molecule is CC1(C)C=CCC(OCc2ccccc2)=C1. The topological polar surface area (TPSA) is 9.23 Å². The zero-order valence-corrected chi connectivity index (χ0v) is 9.94. The Hall–Kier alpha value is -1.50. The largest absolute Gasteiger partial charge is 0.493 e. The fraction of sp³-hybridized carbons (Fsp3) is 0.333. The summed E-state index contributed by atoms with van der Waals surface area (Å²) in [6.45, 7) is 5.04. The molecule has 1 aliphatic carbocycles. The van der Waals surface area contributed by atoms with Crippen LogP contribution in [0.25, 0.3) is 0 Å². The Morgan fingerprint density at radius 1 is 1.19 bits per heavy atom. The maximum atomic E-state index is 5.81. The van der Waals surface area contributed by atoms with Gasteiger partial charge in [-0.15, -0.1) is 0 Å². The van der Waals surface area contributed by atoms with E-state index in [1.165, 1.54) is 5.56 Å². The van der Waals surface area contributed by atoms with Gasteiger partial charge in [0.2, 0.25) is 0 Å². The van der Waals surface area contributed by atoms with Gasteiger partial charge in [-0.25, -0.2) is 0 Å². The molecule has 0 fully saturated rings. The molecule has 0 aromatic heterocycles. The van der Waals surface area contributed by atoms with Crippen LogP contribution in [0, 0.1) is 5.41 Å². The molecule has 0 spiro atoms. The Morgan fingerprint density at radius 3 is 2.62 bits per heavy atom. The number of benzene rings is 1. The molecular weight excluding hydrogens is 196 g/mol. The van der Waals surface area contributed by atoms with Crippen LogP contribution in [-0.4, -0.2) is 0 Å². The van der Waals surface area contributed by atoms with Crippen LogP contribution < -0.4 is 0 Å². The summed E-state index contributed by atoms with van der Waals surface area (Å²) in [5, 5.41) is 0. The molecule has 1 nitrogen and oxygen atoms in total. The van der Waals surface area contributed by atoms with E-state index >= 15 is 0 Å². The molecule has 0 atom stereocenters. The second kappa shape index (κ2) is 4.56. The van der Waals surface area contributed by atoms with E-state index in [9.17, 15) is 0 Å². The Balaban J connectivity index is 1.94. The average Bonchev–Trinajstić information content (AvgIpc) is 2.27. The van der Waals surface area contributed by atoms with E-state index in [4.69, 9.17) is 4.74 Å². The summed E-state index contributed by atoms with van der Waals surface area (Å²) in [5.74, 6) is 1.08. The van der Waals surface area contributed by atoms with Gasteiger partial charge in [-0.2, -0.15) is 0 Å². The van der Waals surface area contributed by atoms with E-state index < -0.39 is 0 Å². The van der Waals surface area contributed by atoms with Gasteiger partial charge in [0.15, 0.2) is 0 Å². The van der Waals surface area contributed by atoms with Crippen molar-refractivity contribution in [3.63, 3.8) is 0 Å². The standard InChI is InChI=1S/C15H18O/c1-15(2)10-6-9-14(11-15)16-12-13-7-4-3-5-8-13/h3-8,10-11H,9,12H2,1-2H3. The van der Waals surface area contributed by atoms with Crippen LogP contribution in [0.1, 0.15) is 25.8 Å². The number of hydrogen-bond donors (Lipinski definition) is 0. The number of ether oxygens (including phenoxy) is 1. The van der Waals surface area contributed by atoms with Gasteiger partial charge in [-0.3, -0.25) is 0 Å². The molecule has 1 aromatic rings. The van der Waals surface area contributed by atoms with Crippen molar-refractivity contribution in [1.29, 1.82) is 0 Å². The number of allylic oxidation sites excluding steroid dienone is 3. The quantitative estimate of drug-likeness (QED) is 0.689. The van der Waals surface area contributed by atoms with Crippen molar-refractivity contribution in [2.45, 2.75) is 26.9 Å². The molecule has 16 heavy (non-hydrogen) atoms. The fourth-order valence-corrected chi connectivity index (χ4v) is 1.85. The smallest absolute Gasteiger partial charge is 0.113 e. The van der Waals surface area contributed by atoms with E-state index in [0.717, 1.165) is 12.2 Å². The third-order valence-corrected chi connectivity index (χ3v) is 2.67. The summed E-state index contributed by atoms with van der Waals surface area (Å²) in [5.41, 5.74) is 1.35. The van der Waals surface area contributed by atoms with Crippen LogP contribution in [-0.2, 0) is 11.3 Å². The van der Waals surface area contributed by atoms with Crippen molar-refractivity contribution in [2.24, 2.45) is 5.41 Å². The molecule has 0 N–H and O–H groups in total. The predicted octanol–water partition coefficient (Wildman–Crippen LogP) is 4.07. The van der Waals surface area contributed by atoms with Crippen molar-refractivity contribution in [2.75, 3.05) is 0 Å². The zero-order chi connectivity index (χ0) is 11.4. The second-order valence-corrected chi connectivity index (χ2v) is 4.81. The van der Waals surface area contributed by atoms with E-state index in [2.05, 4.69) is 44.2 Å². The molecule has 0 saturated heterocycles. The molecule has 2 rings (SSSR count). The molecule has 0 unspecified atom stereocenters. The van der Waals surface area contributed by atoms with Crippen LogP contribution in [0.4, 0.5) is 0 Å². The minimum absolute atomic E-state index is 0.129. The monoisotopic (exact) mass is 214 g/mol. The first-order chi connectivity index (χ1) is 7.66. The summed E-state index contributed by atoms with van der Waals surface area (Å²) >= 11 is 0. The lowest BCUT2D eigenvalue weighted by atomic mass is 9.88. The summed E-state index contributed by atoms with van der Waals surface area (Å²) in [4.78, 5) is 0.